The zero-order valence-electron chi connectivity index (χ0n) is 15.1. The maximum atomic E-state index is 12.1. The Hall–Kier alpha value is -1.78. The fourth-order valence-corrected chi connectivity index (χ4v) is 3.19. The standard InChI is InChI=1S/C19H28N2O3/c1-5-13-9-17(13)14-8-16(11-20-10-14)23-12-15-6-7-21(15)18(22)24-19(2,3)4/h8,10-11,13,15,17H,5-7,9,12H2,1-4H3/t13-,15+,17+/m1/s1. The summed E-state index contributed by atoms with van der Waals surface area (Å²) in [6.07, 6.45) is 6.89. The molecule has 0 unspecified atom stereocenters. The number of hydrogen-bond acceptors (Lipinski definition) is 4. The van der Waals surface area contributed by atoms with Crippen molar-refractivity contribution in [1.82, 2.24) is 9.88 Å². The Labute approximate surface area is 144 Å². The van der Waals surface area contributed by atoms with E-state index in [4.69, 9.17) is 9.47 Å². The topological polar surface area (TPSA) is 51.7 Å². The van der Waals surface area contributed by atoms with Gasteiger partial charge in [-0.15, -0.1) is 0 Å². The van der Waals surface area contributed by atoms with Crippen molar-refractivity contribution in [2.75, 3.05) is 13.2 Å². The predicted molar refractivity (Wildman–Crippen MR) is 92.2 cm³/mol. The number of nitrogens with zero attached hydrogens (tertiary/aromatic N) is 2. The van der Waals surface area contributed by atoms with Gasteiger partial charge in [0.1, 0.15) is 18.0 Å². The van der Waals surface area contributed by atoms with Gasteiger partial charge in [0, 0.05) is 12.7 Å². The molecule has 5 nitrogen and oxygen atoms in total. The van der Waals surface area contributed by atoms with Crippen LogP contribution in [0.15, 0.2) is 18.5 Å². The van der Waals surface area contributed by atoms with Gasteiger partial charge in [-0.3, -0.25) is 4.98 Å². The molecule has 0 N–H and O–H groups in total. The zero-order valence-corrected chi connectivity index (χ0v) is 15.1. The number of ether oxygens (including phenoxy) is 2. The van der Waals surface area contributed by atoms with E-state index in [1.165, 1.54) is 18.4 Å². The van der Waals surface area contributed by atoms with E-state index in [9.17, 15) is 4.79 Å². The Bertz CT molecular complexity index is 597. The molecule has 24 heavy (non-hydrogen) atoms. The highest BCUT2D eigenvalue weighted by molar-refractivity contribution is 5.69. The molecule has 0 bridgehead atoms. The van der Waals surface area contributed by atoms with Crippen LogP contribution < -0.4 is 4.74 Å². The molecule has 1 amide bonds. The van der Waals surface area contributed by atoms with Crippen molar-refractivity contribution in [2.45, 2.75) is 64.5 Å². The van der Waals surface area contributed by atoms with E-state index in [1.807, 2.05) is 27.0 Å². The molecule has 0 spiro atoms. The molecular weight excluding hydrogens is 304 g/mol. The quantitative estimate of drug-likeness (QED) is 0.818. The summed E-state index contributed by atoms with van der Waals surface area (Å²) in [5.74, 6) is 2.25. The number of carbonyl (C=O) groups excluding carboxylic acids is 1. The second-order valence-electron chi connectivity index (χ2n) is 7.89. The largest absolute Gasteiger partial charge is 0.490 e. The molecule has 2 heterocycles. The third-order valence-electron chi connectivity index (χ3n) is 4.82. The number of pyridine rings is 1. The molecule has 2 aliphatic rings. The van der Waals surface area contributed by atoms with Crippen LogP contribution in [0.2, 0.25) is 0 Å². The summed E-state index contributed by atoms with van der Waals surface area (Å²) in [5.41, 5.74) is 0.813. The smallest absolute Gasteiger partial charge is 0.410 e. The second kappa shape index (κ2) is 6.61. The van der Waals surface area contributed by atoms with Crippen molar-refractivity contribution in [2.24, 2.45) is 5.92 Å². The zero-order chi connectivity index (χ0) is 17.3. The second-order valence-corrected chi connectivity index (χ2v) is 7.89. The van der Waals surface area contributed by atoms with E-state index in [0.717, 1.165) is 24.6 Å². The van der Waals surface area contributed by atoms with Gasteiger partial charge in [-0.2, -0.15) is 0 Å². The van der Waals surface area contributed by atoms with Gasteiger partial charge in [0.05, 0.1) is 12.2 Å². The number of carbonyl (C=O) groups is 1. The Balaban J connectivity index is 1.51. The number of rotatable bonds is 5. The predicted octanol–water partition coefficient (Wildman–Crippen LogP) is 3.98. The highest BCUT2D eigenvalue weighted by atomic mass is 16.6. The van der Waals surface area contributed by atoms with E-state index in [-0.39, 0.29) is 12.1 Å². The summed E-state index contributed by atoms with van der Waals surface area (Å²) in [7, 11) is 0. The Morgan fingerprint density at radius 3 is 2.75 bits per heavy atom. The summed E-state index contributed by atoms with van der Waals surface area (Å²) < 4.78 is 11.3. The van der Waals surface area contributed by atoms with Gasteiger partial charge in [-0.1, -0.05) is 13.3 Å². The normalized spacial score (nSPS) is 25.8. The number of amides is 1. The molecule has 2 fully saturated rings. The van der Waals surface area contributed by atoms with Crippen LogP contribution in [0.1, 0.15) is 58.4 Å². The lowest BCUT2D eigenvalue weighted by Crippen LogP contribution is -2.55. The lowest BCUT2D eigenvalue weighted by atomic mass is 10.1. The van der Waals surface area contributed by atoms with Crippen LogP contribution in [0.4, 0.5) is 4.79 Å². The Morgan fingerprint density at radius 1 is 1.38 bits per heavy atom. The molecular formula is C19H28N2O3. The van der Waals surface area contributed by atoms with Crippen molar-refractivity contribution >= 4 is 6.09 Å². The minimum absolute atomic E-state index is 0.0906. The third-order valence-corrected chi connectivity index (χ3v) is 4.82. The van der Waals surface area contributed by atoms with E-state index in [2.05, 4.69) is 18.0 Å². The fraction of sp³-hybridized carbons (Fsp3) is 0.684. The number of aromatic nitrogens is 1. The minimum Gasteiger partial charge on any atom is -0.490 e. The number of likely N-dealkylation sites (tertiary alicyclic amines) is 1. The summed E-state index contributed by atoms with van der Waals surface area (Å²) >= 11 is 0. The van der Waals surface area contributed by atoms with E-state index >= 15 is 0 Å². The highest BCUT2D eigenvalue weighted by Gasteiger charge is 2.37. The molecule has 0 aromatic carbocycles. The van der Waals surface area contributed by atoms with Gasteiger partial charge >= 0.3 is 6.09 Å². The molecule has 1 saturated heterocycles. The average Bonchev–Trinajstić information content (AvgIpc) is 3.24. The Kier molecular flexibility index (Phi) is 4.70. The summed E-state index contributed by atoms with van der Waals surface area (Å²) in [6.45, 7) is 9.12. The molecule has 1 aromatic rings. The first-order chi connectivity index (χ1) is 11.4. The first-order valence-corrected chi connectivity index (χ1v) is 8.94. The van der Waals surface area contributed by atoms with Crippen LogP contribution in [0.5, 0.6) is 5.75 Å². The summed E-state index contributed by atoms with van der Waals surface area (Å²) in [6, 6.07) is 2.19. The van der Waals surface area contributed by atoms with E-state index in [0.29, 0.717) is 12.5 Å². The highest BCUT2D eigenvalue weighted by Crippen LogP contribution is 2.49. The van der Waals surface area contributed by atoms with Crippen LogP contribution in [-0.4, -0.2) is 40.8 Å². The molecule has 1 aliphatic carbocycles. The lowest BCUT2D eigenvalue weighted by molar-refractivity contribution is -0.0141. The van der Waals surface area contributed by atoms with Crippen LogP contribution in [0, 0.1) is 5.92 Å². The molecule has 3 rings (SSSR count). The van der Waals surface area contributed by atoms with Gasteiger partial charge in [0.25, 0.3) is 0 Å². The van der Waals surface area contributed by atoms with Crippen molar-refractivity contribution in [3.05, 3.63) is 24.0 Å². The van der Waals surface area contributed by atoms with Crippen molar-refractivity contribution in [3.8, 4) is 5.75 Å². The molecule has 132 valence electrons. The van der Waals surface area contributed by atoms with Crippen molar-refractivity contribution in [1.29, 1.82) is 0 Å². The fourth-order valence-electron chi connectivity index (χ4n) is 3.19. The van der Waals surface area contributed by atoms with Crippen molar-refractivity contribution in [3.63, 3.8) is 0 Å². The van der Waals surface area contributed by atoms with Gasteiger partial charge in [-0.05, 0) is 57.1 Å². The minimum atomic E-state index is -0.462. The average molecular weight is 332 g/mol. The molecule has 1 saturated carbocycles. The maximum absolute atomic E-state index is 12.1. The molecule has 1 aromatic heterocycles. The summed E-state index contributed by atoms with van der Waals surface area (Å²) in [4.78, 5) is 18.2. The van der Waals surface area contributed by atoms with Gasteiger partial charge in [-0.25, -0.2) is 4.79 Å². The molecule has 5 heteroatoms. The van der Waals surface area contributed by atoms with Crippen LogP contribution in [-0.2, 0) is 4.74 Å². The third kappa shape index (κ3) is 4.00. The molecule has 1 aliphatic heterocycles. The van der Waals surface area contributed by atoms with E-state index in [1.54, 1.807) is 11.1 Å². The van der Waals surface area contributed by atoms with Crippen LogP contribution in [0.3, 0.4) is 0 Å². The maximum Gasteiger partial charge on any atom is 0.410 e. The van der Waals surface area contributed by atoms with Crippen LogP contribution in [0.25, 0.3) is 0 Å². The lowest BCUT2D eigenvalue weighted by Gasteiger charge is -2.40. The molecule has 0 radical (unpaired) electrons. The molecule has 3 atom stereocenters. The summed E-state index contributed by atoms with van der Waals surface area (Å²) in [5, 5.41) is 0. The van der Waals surface area contributed by atoms with Gasteiger partial charge < -0.3 is 14.4 Å². The Morgan fingerprint density at radius 2 is 2.17 bits per heavy atom. The van der Waals surface area contributed by atoms with Gasteiger partial charge in [0.15, 0.2) is 0 Å². The monoisotopic (exact) mass is 332 g/mol. The first kappa shape index (κ1) is 17.1. The SMILES string of the molecule is CC[C@@H]1C[C@@H]1c1cncc(OC[C@@H]2CCN2C(=O)OC(C)(C)C)c1. The van der Waals surface area contributed by atoms with E-state index < -0.39 is 5.60 Å². The number of hydrogen-bond donors (Lipinski definition) is 0. The van der Waals surface area contributed by atoms with Gasteiger partial charge in [0.2, 0.25) is 0 Å². The van der Waals surface area contributed by atoms with Crippen molar-refractivity contribution < 1.29 is 14.3 Å². The first-order valence-electron chi connectivity index (χ1n) is 8.94. The van der Waals surface area contributed by atoms with Crippen LogP contribution >= 0.6 is 0 Å².